The highest BCUT2D eigenvalue weighted by Gasteiger charge is 2.92. The first-order chi connectivity index (χ1) is 26.9. The summed E-state index contributed by atoms with van der Waals surface area (Å²) in [5, 5.41) is 25.0. The molecule has 4 bridgehead atoms. The van der Waals surface area contributed by atoms with E-state index < -0.39 is 138 Å². The van der Waals surface area contributed by atoms with E-state index in [2.05, 4.69) is 4.98 Å². The van der Waals surface area contributed by atoms with E-state index in [0.717, 1.165) is 55.4 Å². The number of aliphatic hydroxyl groups is 2. The van der Waals surface area contributed by atoms with Crippen LogP contribution in [0.1, 0.15) is 84.8 Å². The SMILES string of the molecule is CC(=O)OC[C@]12[C@H](OC(C)=O)[C@H](OC(C)=O)[C@@H]3[C@@H](OC(C)=O)[C@@]14O[C@@]3(C)COC(=O)c1cccnc1CC[C@](C)(O)C(=O)O[C@@H]([C@H](OC(C)=O)[C@@H]2OC(C)=O)[C@@]4(C)O. The maximum atomic E-state index is 14.2. The number of hydrogen-bond acceptors (Lipinski definition) is 20. The standard InChI is InChI=1S/C38H47NO19/c1-17(40)50-16-37-30(55-21(5)44)26(52-18(2)41)25-28(54-20(4)43)38(37)36(9,49)29(27(53-19(3)42)31(37)56-22(6)45)57-33(47)34(7,48)13-12-24-23(11-10-14-39-24)32(46)51-15-35(25,8)58-38/h10-11,14,25-31,48-49H,12-13,15-16H2,1-9H3/t25-,26-,27+,28-,29+,30-,31+,34+,35+,36-,37-,38+/m1/s1. The quantitative estimate of drug-likeness (QED) is 0.270. The predicted octanol–water partition coefficient (Wildman–Crippen LogP) is -0.0225. The minimum Gasteiger partial charge on any atom is -0.465 e. The molecule has 20 nitrogen and oxygen atoms in total. The third-order valence-electron chi connectivity index (χ3n) is 11.2. The van der Waals surface area contributed by atoms with Gasteiger partial charge in [-0.15, -0.1) is 0 Å². The lowest BCUT2D eigenvalue weighted by atomic mass is 9.45. The molecule has 58 heavy (non-hydrogen) atoms. The van der Waals surface area contributed by atoms with Crippen LogP contribution in [0.25, 0.3) is 0 Å². The summed E-state index contributed by atoms with van der Waals surface area (Å²) in [5.41, 5.74) is -12.9. The van der Waals surface area contributed by atoms with Gasteiger partial charge in [0.25, 0.3) is 0 Å². The van der Waals surface area contributed by atoms with Crippen molar-refractivity contribution in [1.29, 1.82) is 0 Å². The van der Waals surface area contributed by atoms with Gasteiger partial charge >= 0.3 is 47.8 Å². The Bertz CT molecular complexity index is 1890. The van der Waals surface area contributed by atoms with E-state index in [1.807, 2.05) is 0 Å². The molecule has 1 spiro atoms. The van der Waals surface area contributed by atoms with Gasteiger partial charge in [0, 0.05) is 47.7 Å². The summed E-state index contributed by atoms with van der Waals surface area (Å²) in [7, 11) is 0. The van der Waals surface area contributed by atoms with Crippen molar-refractivity contribution in [3.05, 3.63) is 29.6 Å². The maximum Gasteiger partial charge on any atom is 0.340 e. The number of pyridine rings is 1. The minimum atomic E-state index is -2.93. The summed E-state index contributed by atoms with van der Waals surface area (Å²) in [4.78, 5) is 111. The molecule has 3 heterocycles. The number of carbonyl (C=O) groups excluding carboxylic acids is 8. The predicted molar refractivity (Wildman–Crippen MR) is 187 cm³/mol. The Morgan fingerprint density at radius 1 is 0.776 bits per heavy atom. The number of ether oxygens (including phenoxy) is 9. The number of hydrogen-bond donors (Lipinski definition) is 2. The van der Waals surface area contributed by atoms with Crippen LogP contribution in [0.3, 0.4) is 0 Å². The highest BCUT2D eigenvalue weighted by molar-refractivity contribution is 5.90. The number of cyclic esters (lactones) is 1. The summed E-state index contributed by atoms with van der Waals surface area (Å²) in [6.07, 6.45) is -11.7. The number of rotatable bonds is 7. The van der Waals surface area contributed by atoms with E-state index >= 15 is 0 Å². The molecule has 5 rings (SSSR count). The number of aromatic nitrogens is 1. The zero-order chi connectivity index (χ0) is 43.3. The van der Waals surface area contributed by atoms with Crippen molar-refractivity contribution in [3.8, 4) is 0 Å². The summed E-state index contributed by atoms with van der Waals surface area (Å²) in [5.74, 6) is -10.4. The Morgan fingerprint density at radius 2 is 1.31 bits per heavy atom. The van der Waals surface area contributed by atoms with Crippen LogP contribution in [-0.4, -0.2) is 135 Å². The fraction of sp³-hybridized carbons (Fsp3) is 0.658. The number of nitrogens with zero attached hydrogens (tertiary/aromatic N) is 1. The van der Waals surface area contributed by atoms with Crippen LogP contribution in [0, 0.1) is 11.3 Å². The van der Waals surface area contributed by atoms with E-state index in [1.54, 1.807) is 0 Å². The second kappa shape index (κ2) is 15.5. The normalized spacial score (nSPS) is 37.9. The summed E-state index contributed by atoms with van der Waals surface area (Å²) < 4.78 is 53.8. The number of esters is 8. The van der Waals surface area contributed by atoms with Crippen molar-refractivity contribution < 1.29 is 91.2 Å². The zero-order valence-electron chi connectivity index (χ0n) is 33.4. The van der Waals surface area contributed by atoms with Gasteiger partial charge in [0.05, 0.1) is 17.2 Å². The molecule has 20 heteroatoms. The Labute approximate surface area is 332 Å². The first-order valence-electron chi connectivity index (χ1n) is 18.3. The molecule has 0 radical (unpaired) electrons. The Morgan fingerprint density at radius 3 is 1.86 bits per heavy atom. The van der Waals surface area contributed by atoms with Crippen LogP contribution in [0.4, 0.5) is 0 Å². The monoisotopic (exact) mass is 821 g/mol. The van der Waals surface area contributed by atoms with E-state index in [-0.39, 0.29) is 17.7 Å². The van der Waals surface area contributed by atoms with Crippen LogP contribution in [-0.2, 0) is 82.6 Å². The molecule has 1 aromatic rings. The van der Waals surface area contributed by atoms with Gasteiger partial charge in [-0.2, -0.15) is 0 Å². The topological polar surface area (TPSA) is 273 Å². The molecule has 0 unspecified atom stereocenters. The molecule has 1 aromatic heterocycles. The molecule has 3 fully saturated rings. The lowest BCUT2D eigenvalue weighted by Crippen LogP contribution is -2.89. The fourth-order valence-corrected chi connectivity index (χ4v) is 9.15. The third kappa shape index (κ3) is 7.25. The lowest BCUT2D eigenvalue weighted by molar-refractivity contribution is -0.387. The smallest absolute Gasteiger partial charge is 0.340 e. The molecular weight excluding hydrogens is 774 g/mol. The second-order valence-electron chi connectivity index (χ2n) is 15.6. The minimum absolute atomic E-state index is 0.0880. The van der Waals surface area contributed by atoms with Gasteiger partial charge < -0.3 is 52.8 Å². The molecule has 1 saturated heterocycles. The van der Waals surface area contributed by atoms with Crippen molar-refractivity contribution in [3.63, 3.8) is 0 Å². The Balaban J connectivity index is 2.01. The summed E-state index contributed by atoms with van der Waals surface area (Å²) in [6.45, 7) is 7.30. The van der Waals surface area contributed by atoms with Crippen molar-refractivity contribution >= 4 is 47.8 Å². The van der Waals surface area contributed by atoms with E-state index in [0.29, 0.717) is 0 Å². The fourth-order valence-electron chi connectivity index (χ4n) is 9.15. The molecule has 2 aliphatic carbocycles. The van der Waals surface area contributed by atoms with Gasteiger partial charge in [-0.25, -0.2) is 9.59 Å². The molecular formula is C38H47NO19. The van der Waals surface area contributed by atoms with Gasteiger partial charge in [0.2, 0.25) is 0 Å². The van der Waals surface area contributed by atoms with E-state index in [1.165, 1.54) is 25.3 Å². The van der Waals surface area contributed by atoms with E-state index in [4.69, 9.17) is 42.6 Å². The van der Waals surface area contributed by atoms with Gasteiger partial charge in [-0.1, -0.05) is 0 Å². The van der Waals surface area contributed by atoms with Crippen molar-refractivity contribution in [2.24, 2.45) is 11.3 Å². The third-order valence-corrected chi connectivity index (χ3v) is 11.2. The maximum absolute atomic E-state index is 14.2. The molecule has 0 aromatic carbocycles. The average molecular weight is 822 g/mol. The molecule has 0 amide bonds. The first kappa shape index (κ1) is 43.9. The Kier molecular flexibility index (Phi) is 11.7. The highest BCUT2D eigenvalue weighted by atomic mass is 16.7. The van der Waals surface area contributed by atoms with Crippen molar-refractivity contribution in [1.82, 2.24) is 4.98 Å². The second-order valence-corrected chi connectivity index (χ2v) is 15.6. The molecule has 2 aliphatic heterocycles. The Hall–Kier alpha value is -5.21. The van der Waals surface area contributed by atoms with Crippen LogP contribution in [0.15, 0.2) is 18.3 Å². The first-order valence-corrected chi connectivity index (χ1v) is 18.3. The molecule has 2 N–H and O–H groups in total. The average Bonchev–Trinajstić information content (AvgIpc) is 3.32. The number of fused-ring (bicyclic) bond motifs is 5. The van der Waals surface area contributed by atoms with Crippen LogP contribution < -0.4 is 0 Å². The summed E-state index contributed by atoms with van der Waals surface area (Å²) >= 11 is 0. The lowest BCUT2D eigenvalue weighted by Gasteiger charge is -2.67. The van der Waals surface area contributed by atoms with Gasteiger partial charge in [0.15, 0.2) is 35.6 Å². The van der Waals surface area contributed by atoms with Gasteiger partial charge in [-0.3, -0.25) is 33.8 Å². The molecule has 318 valence electrons. The van der Waals surface area contributed by atoms with E-state index in [9.17, 15) is 48.6 Å². The van der Waals surface area contributed by atoms with Crippen LogP contribution in [0.5, 0.6) is 0 Å². The summed E-state index contributed by atoms with van der Waals surface area (Å²) in [6, 6.07) is 2.81. The van der Waals surface area contributed by atoms with Gasteiger partial charge in [0.1, 0.15) is 42.0 Å². The number of carbonyl (C=O) groups is 8. The molecule has 12 atom stereocenters. The zero-order valence-corrected chi connectivity index (χ0v) is 33.4. The van der Waals surface area contributed by atoms with Crippen LogP contribution in [0.2, 0.25) is 0 Å². The van der Waals surface area contributed by atoms with Crippen molar-refractivity contribution in [2.75, 3.05) is 13.2 Å². The van der Waals surface area contributed by atoms with Crippen LogP contribution >= 0.6 is 0 Å². The molecule has 2 saturated carbocycles. The highest BCUT2D eigenvalue weighted by Crippen LogP contribution is 2.70. The molecule has 4 aliphatic rings. The van der Waals surface area contributed by atoms with Crippen molar-refractivity contribution in [2.45, 2.75) is 134 Å². The number of aryl methyl sites for hydroxylation is 1. The largest absolute Gasteiger partial charge is 0.465 e. The van der Waals surface area contributed by atoms with Gasteiger partial charge in [-0.05, 0) is 45.7 Å².